The molecule has 1 unspecified atom stereocenters. The monoisotopic (exact) mass is 435 g/mol. The second kappa shape index (κ2) is 8.37. The number of carbonyl (C=O) groups excluding carboxylic acids is 1. The lowest BCUT2D eigenvalue weighted by molar-refractivity contribution is 0.0993. The normalized spacial score (nSPS) is 19.4. The predicted molar refractivity (Wildman–Crippen MR) is 123 cm³/mol. The van der Waals surface area contributed by atoms with E-state index >= 15 is 0 Å². The maximum atomic E-state index is 12.7. The smallest absolute Gasteiger partial charge is 0.281 e. The molecule has 31 heavy (non-hydrogen) atoms. The van der Waals surface area contributed by atoms with E-state index in [4.69, 9.17) is 12.2 Å². The fourth-order valence-electron chi connectivity index (χ4n) is 4.65. The molecule has 8 heteroatoms. The molecule has 1 amide bonds. The average Bonchev–Trinajstić information content (AvgIpc) is 3.25. The molecule has 0 aliphatic carbocycles. The number of carbonyl (C=O) groups is 1. The van der Waals surface area contributed by atoms with Gasteiger partial charge in [-0.3, -0.25) is 24.8 Å². The summed E-state index contributed by atoms with van der Waals surface area (Å²) in [4.78, 5) is 33.5. The van der Waals surface area contributed by atoms with Crippen LogP contribution in [-0.4, -0.2) is 57.6 Å². The van der Waals surface area contributed by atoms with Gasteiger partial charge in [-0.25, -0.2) is 0 Å². The molecule has 0 spiro atoms. The third-order valence-corrected chi connectivity index (χ3v) is 6.60. The van der Waals surface area contributed by atoms with Gasteiger partial charge in [0.15, 0.2) is 4.77 Å². The van der Waals surface area contributed by atoms with E-state index in [9.17, 15) is 9.59 Å². The van der Waals surface area contributed by atoms with Crippen molar-refractivity contribution in [2.24, 2.45) is 0 Å². The summed E-state index contributed by atoms with van der Waals surface area (Å²) in [5.41, 5.74) is 4.59. The molecule has 1 aromatic heterocycles. The van der Waals surface area contributed by atoms with Crippen LogP contribution in [0, 0.1) is 4.77 Å². The van der Waals surface area contributed by atoms with Gasteiger partial charge in [-0.05, 0) is 61.4 Å². The minimum absolute atomic E-state index is 0.153. The molecule has 5 rings (SSSR count). The van der Waals surface area contributed by atoms with Crippen LogP contribution in [0.4, 0.5) is 0 Å². The molecule has 2 saturated heterocycles. The zero-order valence-corrected chi connectivity index (χ0v) is 18.0. The van der Waals surface area contributed by atoms with Crippen LogP contribution in [0.15, 0.2) is 53.3 Å². The van der Waals surface area contributed by atoms with Gasteiger partial charge in [0, 0.05) is 37.8 Å². The van der Waals surface area contributed by atoms with Crippen LogP contribution in [0.25, 0.3) is 10.9 Å². The standard InChI is InChI=1S/C23H25N5O2S/c29-21(25-28-22(30)19-5-1-2-6-20(19)24-23(28)31)17-9-7-16(8-10-17)14-26-12-13-27-11-3-4-18(27)15-26/h1-2,5-10,18H,3-4,11-15H2,(H,24,31)(H,25,29). The highest BCUT2D eigenvalue weighted by Gasteiger charge is 2.30. The number of piperazine rings is 1. The number of fused-ring (bicyclic) bond motifs is 2. The lowest BCUT2D eigenvalue weighted by atomic mass is 10.1. The van der Waals surface area contributed by atoms with Crippen molar-refractivity contribution in [2.75, 3.05) is 31.6 Å². The van der Waals surface area contributed by atoms with E-state index in [-0.39, 0.29) is 16.2 Å². The van der Waals surface area contributed by atoms with Crippen LogP contribution >= 0.6 is 12.2 Å². The van der Waals surface area contributed by atoms with Gasteiger partial charge in [0.25, 0.3) is 11.5 Å². The Labute approximate surface area is 185 Å². The first-order chi connectivity index (χ1) is 15.1. The molecule has 3 heterocycles. The number of aromatic amines is 1. The van der Waals surface area contributed by atoms with Crippen LogP contribution in [0.2, 0.25) is 0 Å². The van der Waals surface area contributed by atoms with E-state index in [1.54, 1.807) is 30.3 Å². The summed E-state index contributed by atoms with van der Waals surface area (Å²) < 4.78 is 1.24. The van der Waals surface area contributed by atoms with E-state index < -0.39 is 0 Å². The first-order valence-corrected chi connectivity index (χ1v) is 11.1. The summed E-state index contributed by atoms with van der Waals surface area (Å²) >= 11 is 5.26. The summed E-state index contributed by atoms with van der Waals surface area (Å²) in [6, 6.07) is 15.4. The Hall–Kier alpha value is -2.81. The number of aromatic nitrogens is 2. The third-order valence-electron chi connectivity index (χ3n) is 6.31. The molecule has 0 radical (unpaired) electrons. The fraction of sp³-hybridized carbons (Fsp3) is 0.348. The maximum absolute atomic E-state index is 12.7. The minimum Gasteiger partial charge on any atom is -0.330 e. The van der Waals surface area contributed by atoms with Crippen molar-refractivity contribution in [2.45, 2.75) is 25.4 Å². The van der Waals surface area contributed by atoms with Crippen molar-refractivity contribution >= 4 is 29.0 Å². The van der Waals surface area contributed by atoms with Gasteiger partial charge in [-0.1, -0.05) is 24.3 Å². The maximum Gasteiger partial charge on any atom is 0.281 e. The highest BCUT2D eigenvalue weighted by Crippen LogP contribution is 2.22. The number of amides is 1. The Morgan fingerprint density at radius 1 is 1.10 bits per heavy atom. The van der Waals surface area contributed by atoms with Gasteiger partial charge in [0.2, 0.25) is 0 Å². The van der Waals surface area contributed by atoms with Crippen molar-refractivity contribution in [1.29, 1.82) is 0 Å². The molecule has 0 saturated carbocycles. The minimum atomic E-state index is -0.372. The zero-order chi connectivity index (χ0) is 21.4. The first kappa shape index (κ1) is 20.1. The Bertz CT molecular complexity index is 1230. The predicted octanol–water partition coefficient (Wildman–Crippen LogP) is 2.72. The second-order valence-corrected chi connectivity index (χ2v) is 8.71. The molecule has 2 aliphatic heterocycles. The number of H-pyrrole nitrogens is 1. The third kappa shape index (κ3) is 4.06. The number of benzene rings is 2. The van der Waals surface area contributed by atoms with E-state index in [1.807, 2.05) is 18.2 Å². The van der Waals surface area contributed by atoms with Gasteiger partial charge in [-0.2, -0.15) is 4.68 Å². The number of para-hydroxylation sites is 1. The summed E-state index contributed by atoms with van der Waals surface area (Å²) in [6.45, 7) is 5.48. The van der Waals surface area contributed by atoms with E-state index in [0.29, 0.717) is 22.5 Å². The highest BCUT2D eigenvalue weighted by molar-refractivity contribution is 7.71. The summed E-state index contributed by atoms with van der Waals surface area (Å²) in [6.07, 6.45) is 2.61. The van der Waals surface area contributed by atoms with E-state index in [1.165, 1.54) is 24.9 Å². The van der Waals surface area contributed by atoms with Gasteiger partial charge in [-0.15, -0.1) is 0 Å². The molecule has 1 atom stereocenters. The largest absolute Gasteiger partial charge is 0.330 e. The van der Waals surface area contributed by atoms with Crippen LogP contribution in [0.1, 0.15) is 28.8 Å². The van der Waals surface area contributed by atoms with E-state index in [2.05, 4.69) is 20.2 Å². The molecule has 2 aromatic carbocycles. The van der Waals surface area contributed by atoms with E-state index in [0.717, 1.165) is 30.9 Å². The molecular weight excluding hydrogens is 410 g/mol. The van der Waals surface area contributed by atoms with Gasteiger partial charge in [0.1, 0.15) is 0 Å². The topological polar surface area (TPSA) is 73.4 Å². The molecular formula is C23H25N5O2S. The number of nitrogens with zero attached hydrogens (tertiary/aromatic N) is 3. The molecule has 0 bridgehead atoms. The molecule has 2 aliphatic rings. The quantitative estimate of drug-likeness (QED) is 0.617. The Morgan fingerprint density at radius 2 is 1.90 bits per heavy atom. The average molecular weight is 436 g/mol. The molecule has 7 nitrogen and oxygen atoms in total. The summed E-state index contributed by atoms with van der Waals surface area (Å²) in [5, 5.41) is 0.467. The summed E-state index contributed by atoms with van der Waals surface area (Å²) in [5.74, 6) is -0.372. The lowest BCUT2D eigenvalue weighted by Crippen LogP contribution is -2.49. The SMILES string of the molecule is O=C(Nn1c(=S)[nH]c2ccccc2c1=O)c1ccc(CN2CCN3CCCC3C2)cc1. The van der Waals surface area contributed by atoms with Crippen LogP contribution in [-0.2, 0) is 6.54 Å². The van der Waals surface area contributed by atoms with Crippen LogP contribution < -0.4 is 11.0 Å². The Morgan fingerprint density at radius 3 is 2.74 bits per heavy atom. The molecule has 2 fully saturated rings. The van der Waals surface area contributed by atoms with Crippen molar-refractivity contribution in [3.8, 4) is 0 Å². The van der Waals surface area contributed by atoms with Crippen LogP contribution in [0.3, 0.4) is 0 Å². The number of hydrogen-bond donors (Lipinski definition) is 2. The van der Waals surface area contributed by atoms with Gasteiger partial charge >= 0.3 is 0 Å². The van der Waals surface area contributed by atoms with Gasteiger partial charge < -0.3 is 4.98 Å². The summed E-state index contributed by atoms with van der Waals surface area (Å²) in [7, 11) is 0. The Balaban J connectivity index is 1.28. The lowest BCUT2D eigenvalue weighted by Gasteiger charge is -2.37. The Kier molecular flexibility index (Phi) is 5.43. The van der Waals surface area contributed by atoms with Crippen LogP contribution in [0.5, 0.6) is 0 Å². The first-order valence-electron chi connectivity index (χ1n) is 10.7. The van der Waals surface area contributed by atoms with Crippen molar-refractivity contribution in [3.05, 3.63) is 74.8 Å². The van der Waals surface area contributed by atoms with Crippen molar-refractivity contribution in [3.63, 3.8) is 0 Å². The molecule has 3 aromatic rings. The molecule has 2 N–H and O–H groups in total. The van der Waals surface area contributed by atoms with Gasteiger partial charge in [0.05, 0.1) is 10.9 Å². The second-order valence-electron chi connectivity index (χ2n) is 8.32. The zero-order valence-electron chi connectivity index (χ0n) is 17.2. The molecule has 160 valence electrons. The number of rotatable bonds is 4. The highest BCUT2D eigenvalue weighted by atomic mass is 32.1. The number of nitrogens with one attached hydrogen (secondary N) is 2. The fourth-order valence-corrected chi connectivity index (χ4v) is 4.89. The van der Waals surface area contributed by atoms with Crippen molar-refractivity contribution < 1.29 is 4.79 Å². The number of hydrogen-bond acceptors (Lipinski definition) is 5. The van der Waals surface area contributed by atoms with Crippen molar-refractivity contribution in [1.82, 2.24) is 19.5 Å².